The Morgan fingerprint density at radius 1 is 1.19 bits per heavy atom. The number of aliphatic hydroxyl groups excluding tert-OH is 1. The van der Waals surface area contributed by atoms with Gasteiger partial charge in [-0.15, -0.1) is 0 Å². The normalized spacial score (nSPS) is 17.9. The van der Waals surface area contributed by atoms with Crippen LogP contribution in [0.5, 0.6) is 5.75 Å². The van der Waals surface area contributed by atoms with E-state index in [1.54, 1.807) is 25.1 Å². The molecule has 1 aliphatic rings. The number of halogens is 1. The van der Waals surface area contributed by atoms with E-state index in [-0.39, 0.29) is 16.9 Å². The van der Waals surface area contributed by atoms with Gasteiger partial charge in [-0.3, -0.25) is 9.59 Å². The van der Waals surface area contributed by atoms with Crippen LogP contribution in [0.15, 0.2) is 48.0 Å². The fourth-order valence-electron chi connectivity index (χ4n) is 3.71. The van der Waals surface area contributed by atoms with Crippen molar-refractivity contribution in [1.29, 1.82) is 0 Å². The number of hydrogen-bond donors (Lipinski definition) is 1. The van der Waals surface area contributed by atoms with Crippen molar-refractivity contribution in [2.75, 3.05) is 33.8 Å². The van der Waals surface area contributed by atoms with Gasteiger partial charge in [0.25, 0.3) is 11.7 Å². The minimum Gasteiger partial charge on any atom is -0.507 e. The van der Waals surface area contributed by atoms with Crippen molar-refractivity contribution in [2.24, 2.45) is 0 Å². The van der Waals surface area contributed by atoms with E-state index < -0.39 is 23.5 Å². The zero-order valence-corrected chi connectivity index (χ0v) is 18.9. The molecule has 0 spiro atoms. The Morgan fingerprint density at radius 3 is 2.59 bits per heavy atom. The number of benzene rings is 2. The molecule has 1 heterocycles. The first kappa shape index (κ1) is 23.5. The van der Waals surface area contributed by atoms with Gasteiger partial charge in [-0.05, 0) is 68.9 Å². The zero-order valence-electron chi connectivity index (χ0n) is 18.9. The molecule has 1 amide bonds. The van der Waals surface area contributed by atoms with Crippen molar-refractivity contribution in [3.8, 4) is 5.75 Å². The SMILES string of the molecule is CCCOc1cccc(C2/C(=C(/O)c3ccc(F)c(C)c3)C(=O)C(=O)N2CCN(C)C)c1. The van der Waals surface area contributed by atoms with Gasteiger partial charge in [0, 0.05) is 18.7 Å². The van der Waals surface area contributed by atoms with Gasteiger partial charge in [-0.1, -0.05) is 19.1 Å². The van der Waals surface area contributed by atoms with Gasteiger partial charge in [0.1, 0.15) is 17.3 Å². The third-order valence-corrected chi connectivity index (χ3v) is 5.41. The van der Waals surface area contributed by atoms with E-state index in [9.17, 15) is 19.1 Å². The maximum atomic E-state index is 13.8. The van der Waals surface area contributed by atoms with Crippen LogP contribution in [0.3, 0.4) is 0 Å². The average Bonchev–Trinajstić information content (AvgIpc) is 3.02. The van der Waals surface area contributed by atoms with Crippen LogP contribution in [0.2, 0.25) is 0 Å². The van der Waals surface area contributed by atoms with Crippen LogP contribution in [-0.2, 0) is 9.59 Å². The maximum absolute atomic E-state index is 13.8. The molecule has 1 fully saturated rings. The summed E-state index contributed by atoms with van der Waals surface area (Å²) >= 11 is 0. The molecule has 6 nitrogen and oxygen atoms in total. The Kier molecular flexibility index (Phi) is 7.30. The molecule has 0 bridgehead atoms. The fraction of sp³-hybridized carbons (Fsp3) is 0.360. The van der Waals surface area contributed by atoms with Gasteiger partial charge >= 0.3 is 0 Å². The third kappa shape index (κ3) is 4.83. The molecule has 0 saturated carbocycles. The van der Waals surface area contributed by atoms with Gasteiger partial charge < -0.3 is 19.6 Å². The second-order valence-electron chi connectivity index (χ2n) is 8.18. The molecule has 1 aliphatic heterocycles. The molecule has 0 aliphatic carbocycles. The molecule has 7 heteroatoms. The Bertz CT molecular complexity index is 1050. The van der Waals surface area contributed by atoms with E-state index in [4.69, 9.17) is 4.74 Å². The number of hydrogen-bond acceptors (Lipinski definition) is 5. The van der Waals surface area contributed by atoms with Crippen molar-refractivity contribution >= 4 is 17.4 Å². The summed E-state index contributed by atoms with van der Waals surface area (Å²) in [5.41, 5.74) is 1.28. The first-order valence-electron chi connectivity index (χ1n) is 10.7. The predicted molar refractivity (Wildman–Crippen MR) is 121 cm³/mol. The highest BCUT2D eigenvalue weighted by Crippen LogP contribution is 2.40. The summed E-state index contributed by atoms with van der Waals surface area (Å²) in [6.45, 7) is 4.98. The van der Waals surface area contributed by atoms with Crippen molar-refractivity contribution in [3.63, 3.8) is 0 Å². The molecule has 1 saturated heterocycles. The minimum absolute atomic E-state index is 0.00703. The largest absolute Gasteiger partial charge is 0.507 e. The number of amides is 1. The average molecular weight is 441 g/mol. The second kappa shape index (κ2) is 9.96. The van der Waals surface area contributed by atoms with E-state index in [1.807, 2.05) is 32.0 Å². The summed E-state index contributed by atoms with van der Waals surface area (Å²) in [4.78, 5) is 29.4. The summed E-state index contributed by atoms with van der Waals surface area (Å²) in [6.07, 6.45) is 0.843. The number of Topliss-reactive ketones (excluding diaryl/α,β-unsaturated/α-hetero) is 1. The minimum atomic E-state index is -0.773. The van der Waals surface area contributed by atoms with Crippen molar-refractivity contribution in [3.05, 3.63) is 70.5 Å². The highest BCUT2D eigenvalue weighted by Gasteiger charge is 2.46. The number of ketones is 1. The Labute approximate surface area is 187 Å². The highest BCUT2D eigenvalue weighted by molar-refractivity contribution is 6.46. The summed E-state index contributed by atoms with van der Waals surface area (Å²) < 4.78 is 19.5. The first-order valence-corrected chi connectivity index (χ1v) is 10.7. The smallest absolute Gasteiger partial charge is 0.295 e. The van der Waals surface area contributed by atoms with Crippen molar-refractivity contribution in [2.45, 2.75) is 26.3 Å². The molecule has 1 N–H and O–H groups in total. The van der Waals surface area contributed by atoms with Crippen LogP contribution in [0.25, 0.3) is 5.76 Å². The number of carbonyl (C=O) groups excluding carboxylic acids is 2. The molecular formula is C25H29FN2O4. The number of likely N-dealkylation sites (N-methyl/N-ethyl adjacent to an activating group) is 1. The number of nitrogens with zero attached hydrogens (tertiary/aromatic N) is 2. The molecule has 32 heavy (non-hydrogen) atoms. The Hall–Kier alpha value is -3.19. The summed E-state index contributed by atoms with van der Waals surface area (Å²) in [5.74, 6) is -1.53. The van der Waals surface area contributed by atoms with Crippen LogP contribution in [-0.4, -0.2) is 60.4 Å². The lowest BCUT2D eigenvalue weighted by Gasteiger charge is -2.27. The van der Waals surface area contributed by atoms with Crippen molar-refractivity contribution in [1.82, 2.24) is 9.80 Å². The molecule has 2 aromatic rings. The number of rotatable bonds is 8. The predicted octanol–water partition coefficient (Wildman–Crippen LogP) is 3.91. The van der Waals surface area contributed by atoms with Crippen LogP contribution < -0.4 is 4.74 Å². The number of ether oxygens (including phenoxy) is 1. The quantitative estimate of drug-likeness (QED) is 0.383. The molecule has 1 atom stereocenters. The summed E-state index contributed by atoms with van der Waals surface area (Å²) in [7, 11) is 3.76. The topological polar surface area (TPSA) is 70.1 Å². The van der Waals surface area contributed by atoms with Gasteiger partial charge in [0.2, 0.25) is 0 Å². The number of carbonyl (C=O) groups is 2. The second-order valence-corrected chi connectivity index (χ2v) is 8.18. The first-order chi connectivity index (χ1) is 15.2. The fourth-order valence-corrected chi connectivity index (χ4v) is 3.71. The Morgan fingerprint density at radius 2 is 1.94 bits per heavy atom. The summed E-state index contributed by atoms with van der Waals surface area (Å²) in [5, 5.41) is 11.1. The van der Waals surface area contributed by atoms with Gasteiger partial charge in [0.05, 0.1) is 18.2 Å². The van der Waals surface area contributed by atoms with E-state index >= 15 is 0 Å². The maximum Gasteiger partial charge on any atom is 0.295 e. The van der Waals surface area contributed by atoms with Crippen LogP contribution in [0, 0.1) is 12.7 Å². The highest BCUT2D eigenvalue weighted by atomic mass is 19.1. The van der Waals surface area contributed by atoms with E-state index in [0.29, 0.717) is 36.6 Å². The lowest BCUT2D eigenvalue weighted by molar-refractivity contribution is -0.140. The number of likely N-dealkylation sites (tertiary alicyclic amines) is 1. The monoisotopic (exact) mass is 440 g/mol. The lowest BCUT2D eigenvalue weighted by atomic mass is 9.94. The van der Waals surface area contributed by atoms with Gasteiger partial charge in [0.15, 0.2) is 0 Å². The molecule has 0 aromatic heterocycles. The molecule has 3 rings (SSSR count). The van der Waals surface area contributed by atoms with Crippen LogP contribution in [0.4, 0.5) is 4.39 Å². The standard InChI is InChI=1S/C25H29FN2O4/c1-5-13-32-19-8-6-7-17(15-19)22-21(23(29)18-9-10-20(26)16(2)14-18)24(30)25(31)28(22)12-11-27(3)4/h6-10,14-15,22,29H,5,11-13H2,1-4H3/b23-21-. The molecule has 2 aromatic carbocycles. The number of aryl methyl sites for hydroxylation is 1. The van der Waals surface area contributed by atoms with E-state index in [1.165, 1.54) is 23.1 Å². The van der Waals surface area contributed by atoms with Crippen molar-refractivity contribution < 1.29 is 23.8 Å². The molecular weight excluding hydrogens is 411 g/mol. The molecule has 0 radical (unpaired) electrons. The number of aliphatic hydroxyl groups is 1. The lowest BCUT2D eigenvalue weighted by Crippen LogP contribution is -2.35. The zero-order chi connectivity index (χ0) is 23.4. The summed E-state index contributed by atoms with van der Waals surface area (Å²) in [6, 6.07) is 10.5. The molecule has 170 valence electrons. The third-order valence-electron chi connectivity index (χ3n) is 5.41. The van der Waals surface area contributed by atoms with Crippen LogP contribution in [0.1, 0.15) is 36.1 Å². The van der Waals surface area contributed by atoms with Gasteiger partial charge in [-0.2, -0.15) is 0 Å². The van der Waals surface area contributed by atoms with E-state index in [2.05, 4.69) is 0 Å². The van der Waals surface area contributed by atoms with E-state index in [0.717, 1.165) is 6.42 Å². The van der Waals surface area contributed by atoms with Crippen LogP contribution >= 0.6 is 0 Å². The van der Waals surface area contributed by atoms with Gasteiger partial charge in [-0.25, -0.2) is 4.39 Å². The molecule has 1 unspecified atom stereocenters. The Balaban J connectivity index is 2.14.